The molecular formula is C22H38N6. The van der Waals surface area contributed by atoms with Gasteiger partial charge in [-0.05, 0) is 70.3 Å². The van der Waals surface area contributed by atoms with Crippen LogP contribution in [0.4, 0.5) is 5.82 Å². The maximum absolute atomic E-state index is 4.74. The normalized spacial score (nSPS) is 18.9. The number of guanidine groups is 1. The van der Waals surface area contributed by atoms with E-state index in [0.29, 0.717) is 6.54 Å². The van der Waals surface area contributed by atoms with Gasteiger partial charge < -0.3 is 20.4 Å². The molecule has 2 saturated heterocycles. The molecule has 2 fully saturated rings. The maximum Gasteiger partial charge on any atom is 0.191 e. The van der Waals surface area contributed by atoms with Crippen LogP contribution in [0.15, 0.2) is 23.3 Å². The van der Waals surface area contributed by atoms with Crippen molar-refractivity contribution in [1.29, 1.82) is 0 Å². The summed E-state index contributed by atoms with van der Waals surface area (Å²) in [4.78, 5) is 14.3. The Morgan fingerprint density at radius 1 is 1.00 bits per heavy atom. The monoisotopic (exact) mass is 386 g/mol. The molecule has 2 N–H and O–H groups in total. The third-order valence-electron chi connectivity index (χ3n) is 5.65. The molecule has 3 heterocycles. The van der Waals surface area contributed by atoms with Crippen molar-refractivity contribution >= 4 is 11.8 Å². The first kappa shape index (κ1) is 20.9. The number of anilines is 1. The topological polar surface area (TPSA) is 55.8 Å². The lowest BCUT2D eigenvalue weighted by atomic mass is 10.2. The van der Waals surface area contributed by atoms with Gasteiger partial charge in [-0.2, -0.15) is 0 Å². The highest BCUT2D eigenvalue weighted by Gasteiger charge is 2.13. The predicted octanol–water partition coefficient (Wildman–Crippen LogP) is 3.00. The molecule has 28 heavy (non-hydrogen) atoms. The number of rotatable bonds is 8. The molecule has 0 amide bonds. The predicted molar refractivity (Wildman–Crippen MR) is 118 cm³/mol. The van der Waals surface area contributed by atoms with Gasteiger partial charge in [0.25, 0.3) is 0 Å². The third-order valence-corrected chi connectivity index (χ3v) is 5.65. The van der Waals surface area contributed by atoms with Gasteiger partial charge in [-0.3, -0.25) is 0 Å². The highest BCUT2D eigenvalue weighted by atomic mass is 15.2. The Labute approximate surface area is 170 Å². The molecule has 0 unspecified atom stereocenters. The van der Waals surface area contributed by atoms with E-state index in [1.807, 2.05) is 6.20 Å². The van der Waals surface area contributed by atoms with Crippen molar-refractivity contribution in [2.45, 2.75) is 58.4 Å². The molecule has 1 aromatic heterocycles. The minimum atomic E-state index is 0.661. The van der Waals surface area contributed by atoms with Crippen LogP contribution in [0.25, 0.3) is 0 Å². The first-order chi connectivity index (χ1) is 13.8. The molecule has 3 rings (SSSR count). The highest BCUT2D eigenvalue weighted by molar-refractivity contribution is 5.79. The molecule has 6 heteroatoms. The van der Waals surface area contributed by atoms with Crippen molar-refractivity contribution in [2.75, 3.05) is 50.7 Å². The Kier molecular flexibility index (Phi) is 8.88. The summed E-state index contributed by atoms with van der Waals surface area (Å²) in [7, 11) is 0. The number of hydrogen-bond donors (Lipinski definition) is 2. The second kappa shape index (κ2) is 11.9. The van der Waals surface area contributed by atoms with Gasteiger partial charge in [-0.1, -0.05) is 18.9 Å². The van der Waals surface area contributed by atoms with Crippen LogP contribution >= 0.6 is 0 Å². The fourth-order valence-electron chi connectivity index (χ4n) is 4.02. The smallest absolute Gasteiger partial charge is 0.191 e. The van der Waals surface area contributed by atoms with Crippen LogP contribution < -0.4 is 15.5 Å². The van der Waals surface area contributed by atoms with E-state index >= 15 is 0 Å². The second-order valence-corrected chi connectivity index (χ2v) is 7.95. The van der Waals surface area contributed by atoms with Crippen LogP contribution in [0, 0.1) is 0 Å². The molecule has 0 bridgehead atoms. The third kappa shape index (κ3) is 6.97. The van der Waals surface area contributed by atoms with E-state index in [1.165, 1.54) is 58.2 Å². The van der Waals surface area contributed by atoms with Gasteiger partial charge in [-0.25, -0.2) is 9.98 Å². The lowest BCUT2D eigenvalue weighted by molar-refractivity contribution is 0.282. The van der Waals surface area contributed by atoms with Crippen molar-refractivity contribution in [2.24, 2.45) is 4.99 Å². The Balaban J connectivity index is 1.41. The number of nitrogens with zero attached hydrogens (tertiary/aromatic N) is 4. The SMILES string of the molecule is CCNC(=NCc1ccc(N2CCCC2)nc1)NCCCN1CCCCCC1. The number of pyridine rings is 1. The van der Waals surface area contributed by atoms with Gasteiger partial charge in [0, 0.05) is 32.4 Å². The largest absolute Gasteiger partial charge is 0.357 e. The molecule has 0 atom stereocenters. The molecule has 156 valence electrons. The van der Waals surface area contributed by atoms with Gasteiger partial charge in [0.2, 0.25) is 0 Å². The van der Waals surface area contributed by atoms with E-state index in [0.717, 1.165) is 49.9 Å². The number of aromatic nitrogens is 1. The van der Waals surface area contributed by atoms with E-state index in [9.17, 15) is 0 Å². The maximum atomic E-state index is 4.74. The average Bonchev–Trinajstić information content (AvgIpc) is 3.14. The lowest BCUT2D eigenvalue weighted by Gasteiger charge is -2.20. The van der Waals surface area contributed by atoms with E-state index in [4.69, 9.17) is 4.99 Å². The summed E-state index contributed by atoms with van der Waals surface area (Å²) >= 11 is 0. The van der Waals surface area contributed by atoms with E-state index in [-0.39, 0.29) is 0 Å². The number of nitrogens with one attached hydrogen (secondary N) is 2. The summed E-state index contributed by atoms with van der Waals surface area (Å²) in [6.45, 7) is 10.6. The van der Waals surface area contributed by atoms with Crippen LogP contribution in [0.2, 0.25) is 0 Å². The standard InChI is InChI=1S/C22H38N6/c1-2-23-22(24-12-9-15-27-13-5-3-4-6-14-27)26-19-20-10-11-21(25-18-20)28-16-7-8-17-28/h10-11,18H,2-9,12-17,19H2,1H3,(H2,23,24,26). The number of hydrogen-bond acceptors (Lipinski definition) is 4. The molecular weight excluding hydrogens is 348 g/mol. The second-order valence-electron chi connectivity index (χ2n) is 7.95. The van der Waals surface area contributed by atoms with Crippen LogP contribution in [-0.2, 0) is 6.54 Å². The Morgan fingerprint density at radius 3 is 2.43 bits per heavy atom. The Hall–Kier alpha value is -1.82. The van der Waals surface area contributed by atoms with Crippen molar-refractivity contribution in [3.63, 3.8) is 0 Å². The zero-order valence-corrected chi connectivity index (χ0v) is 17.6. The van der Waals surface area contributed by atoms with Crippen LogP contribution in [0.3, 0.4) is 0 Å². The number of likely N-dealkylation sites (tertiary alicyclic amines) is 1. The average molecular weight is 387 g/mol. The molecule has 2 aliphatic heterocycles. The van der Waals surface area contributed by atoms with Gasteiger partial charge in [0.05, 0.1) is 6.54 Å². The minimum Gasteiger partial charge on any atom is -0.357 e. The minimum absolute atomic E-state index is 0.661. The van der Waals surface area contributed by atoms with Crippen molar-refractivity contribution in [3.8, 4) is 0 Å². The zero-order valence-electron chi connectivity index (χ0n) is 17.6. The summed E-state index contributed by atoms with van der Waals surface area (Å²) in [6, 6.07) is 4.30. The lowest BCUT2D eigenvalue weighted by Crippen LogP contribution is -2.39. The van der Waals surface area contributed by atoms with Crippen molar-refractivity contribution in [1.82, 2.24) is 20.5 Å². The molecule has 1 aromatic rings. The first-order valence-corrected chi connectivity index (χ1v) is 11.3. The Bertz CT molecular complexity index is 571. The summed E-state index contributed by atoms with van der Waals surface area (Å²) < 4.78 is 0. The molecule has 6 nitrogen and oxygen atoms in total. The fraction of sp³-hybridized carbons (Fsp3) is 0.727. The van der Waals surface area contributed by atoms with Gasteiger partial charge in [-0.15, -0.1) is 0 Å². The van der Waals surface area contributed by atoms with E-state index in [2.05, 4.69) is 44.5 Å². The van der Waals surface area contributed by atoms with Crippen LogP contribution in [0.5, 0.6) is 0 Å². The molecule has 0 aliphatic carbocycles. The highest BCUT2D eigenvalue weighted by Crippen LogP contribution is 2.17. The van der Waals surface area contributed by atoms with Gasteiger partial charge in [0.15, 0.2) is 5.96 Å². The Morgan fingerprint density at radius 2 is 1.75 bits per heavy atom. The van der Waals surface area contributed by atoms with Crippen molar-refractivity contribution < 1.29 is 0 Å². The summed E-state index contributed by atoms with van der Waals surface area (Å²) in [5, 5.41) is 6.84. The summed E-state index contributed by atoms with van der Waals surface area (Å²) in [6.07, 6.45) is 11.2. The first-order valence-electron chi connectivity index (χ1n) is 11.3. The molecule has 0 radical (unpaired) electrons. The molecule has 0 spiro atoms. The quantitative estimate of drug-likeness (QED) is 0.409. The van der Waals surface area contributed by atoms with Crippen molar-refractivity contribution in [3.05, 3.63) is 23.9 Å². The van der Waals surface area contributed by atoms with Gasteiger partial charge >= 0.3 is 0 Å². The van der Waals surface area contributed by atoms with E-state index in [1.54, 1.807) is 0 Å². The van der Waals surface area contributed by atoms with Crippen LogP contribution in [0.1, 0.15) is 57.4 Å². The van der Waals surface area contributed by atoms with Gasteiger partial charge in [0.1, 0.15) is 5.82 Å². The summed E-state index contributed by atoms with van der Waals surface area (Å²) in [5.41, 5.74) is 1.16. The van der Waals surface area contributed by atoms with E-state index < -0.39 is 0 Å². The molecule has 0 aromatic carbocycles. The zero-order chi connectivity index (χ0) is 19.4. The number of aliphatic imine (C=N–C) groups is 1. The summed E-state index contributed by atoms with van der Waals surface area (Å²) in [5.74, 6) is 2.01. The molecule has 2 aliphatic rings. The molecule has 0 saturated carbocycles. The fourth-order valence-corrected chi connectivity index (χ4v) is 4.02. The van der Waals surface area contributed by atoms with Crippen LogP contribution in [-0.4, -0.2) is 61.7 Å².